The number of carbonyl (C=O) groups is 2. The monoisotopic (exact) mass is 382 g/mol. The molecule has 3 rings (SSSR count). The number of benzene rings is 2. The Balaban J connectivity index is 1.67. The summed E-state index contributed by atoms with van der Waals surface area (Å²) in [6, 6.07) is 10.8. The number of rotatable bonds is 3. The van der Waals surface area contributed by atoms with Gasteiger partial charge in [-0.2, -0.15) is 13.2 Å². The summed E-state index contributed by atoms with van der Waals surface area (Å²) < 4.78 is 37.7. The molecule has 1 N–H and O–H groups in total. The van der Waals surface area contributed by atoms with Gasteiger partial charge in [-0.3, -0.25) is 9.59 Å². The minimum atomic E-state index is -4.44. The average Bonchev–Trinajstić information content (AvgIpc) is 2.97. The van der Waals surface area contributed by atoms with Gasteiger partial charge in [-0.15, -0.1) is 0 Å². The van der Waals surface area contributed by atoms with E-state index in [0.717, 1.165) is 24.3 Å². The first-order valence-corrected chi connectivity index (χ1v) is 8.18. The highest BCUT2D eigenvalue weighted by atomic mass is 35.5. The highest BCUT2D eigenvalue weighted by Crippen LogP contribution is 2.30. The normalized spacial score (nSPS) is 17.5. The molecule has 2 amide bonds. The summed E-state index contributed by atoms with van der Waals surface area (Å²) in [4.78, 5) is 26.3. The van der Waals surface area contributed by atoms with Crippen molar-refractivity contribution in [1.82, 2.24) is 0 Å². The van der Waals surface area contributed by atoms with Crippen molar-refractivity contribution in [3.05, 3.63) is 59.1 Å². The Bertz CT molecular complexity index is 820. The van der Waals surface area contributed by atoms with Crippen molar-refractivity contribution in [2.45, 2.75) is 12.6 Å². The lowest BCUT2D eigenvalue weighted by atomic mass is 10.1. The third-order valence-corrected chi connectivity index (χ3v) is 4.39. The largest absolute Gasteiger partial charge is 0.416 e. The van der Waals surface area contributed by atoms with Gasteiger partial charge >= 0.3 is 6.18 Å². The third-order valence-electron chi connectivity index (χ3n) is 4.14. The van der Waals surface area contributed by atoms with Gasteiger partial charge in [0.25, 0.3) is 0 Å². The molecule has 0 radical (unpaired) electrons. The molecular weight excluding hydrogens is 369 g/mol. The smallest absolute Gasteiger partial charge is 0.325 e. The van der Waals surface area contributed by atoms with Gasteiger partial charge in [0, 0.05) is 22.9 Å². The van der Waals surface area contributed by atoms with Crippen LogP contribution >= 0.6 is 11.6 Å². The van der Waals surface area contributed by atoms with Crippen LogP contribution in [0.15, 0.2) is 48.5 Å². The SMILES string of the molecule is O=C(Nc1ccc(C(F)(F)F)cc1)C1CCN(c2ccc(Cl)cc2)C1=O. The minimum absolute atomic E-state index is 0.209. The van der Waals surface area contributed by atoms with Gasteiger partial charge in [0.15, 0.2) is 0 Å². The average molecular weight is 383 g/mol. The Hall–Kier alpha value is -2.54. The number of hydrogen-bond donors (Lipinski definition) is 1. The standard InChI is InChI=1S/C18H14ClF3N2O2/c19-12-3-7-14(8-4-12)24-10-9-15(17(24)26)16(25)23-13-5-1-11(2-6-13)18(20,21)22/h1-8,15H,9-10H2,(H,23,25). The van der Waals surface area contributed by atoms with E-state index in [-0.39, 0.29) is 11.6 Å². The molecule has 1 heterocycles. The molecule has 0 bridgehead atoms. The molecule has 1 saturated heterocycles. The summed E-state index contributed by atoms with van der Waals surface area (Å²) in [6.45, 7) is 0.381. The molecule has 26 heavy (non-hydrogen) atoms. The first-order valence-electron chi connectivity index (χ1n) is 7.81. The summed E-state index contributed by atoms with van der Waals surface area (Å²) in [5.74, 6) is -1.77. The molecule has 2 aromatic rings. The molecule has 136 valence electrons. The number of nitrogens with zero attached hydrogens (tertiary/aromatic N) is 1. The lowest BCUT2D eigenvalue weighted by Gasteiger charge is -2.17. The van der Waals surface area contributed by atoms with Crippen LogP contribution in [-0.4, -0.2) is 18.4 Å². The maximum absolute atomic E-state index is 12.6. The second kappa shape index (κ2) is 6.99. The van der Waals surface area contributed by atoms with Crippen LogP contribution in [0.1, 0.15) is 12.0 Å². The van der Waals surface area contributed by atoms with Gasteiger partial charge < -0.3 is 10.2 Å². The van der Waals surface area contributed by atoms with E-state index >= 15 is 0 Å². The van der Waals surface area contributed by atoms with E-state index < -0.39 is 23.6 Å². The van der Waals surface area contributed by atoms with Crippen LogP contribution in [-0.2, 0) is 15.8 Å². The molecule has 2 aromatic carbocycles. The van der Waals surface area contributed by atoms with Crippen LogP contribution in [0.2, 0.25) is 5.02 Å². The summed E-state index contributed by atoms with van der Waals surface area (Å²) in [6.07, 6.45) is -4.11. The highest BCUT2D eigenvalue weighted by molar-refractivity contribution is 6.30. The molecule has 1 unspecified atom stereocenters. The van der Waals surface area contributed by atoms with Crippen LogP contribution in [0, 0.1) is 5.92 Å². The van der Waals surface area contributed by atoms with E-state index in [0.29, 0.717) is 23.7 Å². The van der Waals surface area contributed by atoms with E-state index in [1.165, 1.54) is 4.90 Å². The molecule has 4 nitrogen and oxygen atoms in total. The number of amides is 2. The summed E-state index contributed by atoms with van der Waals surface area (Å²) >= 11 is 5.83. The number of hydrogen-bond acceptors (Lipinski definition) is 2. The van der Waals surface area contributed by atoms with Crippen LogP contribution in [0.25, 0.3) is 0 Å². The van der Waals surface area contributed by atoms with Crippen LogP contribution in [0.4, 0.5) is 24.5 Å². The molecule has 0 aliphatic carbocycles. The Morgan fingerprint density at radius 3 is 2.27 bits per heavy atom. The van der Waals surface area contributed by atoms with Crippen LogP contribution in [0.5, 0.6) is 0 Å². The van der Waals surface area contributed by atoms with Crippen molar-refractivity contribution in [3.8, 4) is 0 Å². The van der Waals surface area contributed by atoms with Crippen molar-refractivity contribution in [2.24, 2.45) is 5.92 Å². The van der Waals surface area contributed by atoms with Gasteiger partial charge in [0.2, 0.25) is 11.8 Å². The number of halogens is 4. The van der Waals surface area contributed by atoms with Crippen molar-refractivity contribution < 1.29 is 22.8 Å². The second-order valence-corrected chi connectivity index (χ2v) is 6.31. The first-order chi connectivity index (χ1) is 12.3. The molecular formula is C18H14ClF3N2O2. The van der Waals surface area contributed by atoms with Gasteiger partial charge in [0.1, 0.15) is 5.92 Å². The lowest BCUT2D eigenvalue weighted by Crippen LogP contribution is -2.33. The second-order valence-electron chi connectivity index (χ2n) is 5.87. The van der Waals surface area contributed by atoms with Crippen molar-refractivity contribution in [1.29, 1.82) is 0 Å². The summed E-state index contributed by atoms with van der Waals surface area (Å²) in [5.41, 5.74) is 0.0475. The predicted octanol–water partition coefficient (Wildman–Crippen LogP) is 4.35. The van der Waals surface area contributed by atoms with E-state index in [9.17, 15) is 22.8 Å². The number of carbonyl (C=O) groups excluding carboxylic acids is 2. The fourth-order valence-electron chi connectivity index (χ4n) is 2.77. The molecule has 0 aromatic heterocycles. The van der Waals surface area contributed by atoms with Gasteiger partial charge in [-0.25, -0.2) is 0 Å². The molecule has 0 spiro atoms. The maximum Gasteiger partial charge on any atom is 0.416 e. The fraction of sp³-hybridized carbons (Fsp3) is 0.222. The molecule has 1 fully saturated rings. The summed E-state index contributed by atoms with van der Waals surface area (Å²) in [7, 11) is 0. The predicted molar refractivity (Wildman–Crippen MR) is 92.0 cm³/mol. The Morgan fingerprint density at radius 1 is 1.08 bits per heavy atom. The first kappa shape index (κ1) is 18.3. The molecule has 0 saturated carbocycles. The van der Waals surface area contributed by atoms with Crippen LogP contribution < -0.4 is 10.2 Å². The summed E-state index contributed by atoms with van der Waals surface area (Å²) in [5, 5.41) is 3.04. The highest BCUT2D eigenvalue weighted by Gasteiger charge is 2.37. The third kappa shape index (κ3) is 3.83. The van der Waals surface area contributed by atoms with Crippen LogP contribution in [0.3, 0.4) is 0 Å². The zero-order valence-electron chi connectivity index (χ0n) is 13.4. The van der Waals surface area contributed by atoms with Crippen molar-refractivity contribution in [2.75, 3.05) is 16.8 Å². The number of nitrogens with one attached hydrogen (secondary N) is 1. The van der Waals surface area contributed by atoms with E-state index in [1.807, 2.05) is 0 Å². The Morgan fingerprint density at radius 2 is 1.69 bits per heavy atom. The minimum Gasteiger partial charge on any atom is -0.325 e. The molecule has 1 atom stereocenters. The van der Waals surface area contributed by atoms with Gasteiger partial charge in [-0.05, 0) is 55.0 Å². The fourth-order valence-corrected chi connectivity index (χ4v) is 2.90. The molecule has 8 heteroatoms. The van der Waals surface area contributed by atoms with E-state index in [2.05, 4.69) is 5.32 Å². The lowest BCUT2D eigenvalue weighted by molar-refractivity contribution is -0.137. The maximum atomic E-state index is 12.6. The number of anilines is 2. The van der Waals surface area contributed by atoms with Crippen molar-refractivity contribution >= 4 is 34.8 Å². The van der Waals surface area contributed by atoms with Gasteiger partial charge in [-0.1, -0.05) is 11.6 Å². The molecule has 1 aliphatic rings. The van der Waals surface area contributed by atoms with Crippen molar-refractivity contribution in [3.63, 3.8) is 0 Å². The number of alkyl halides is 3. The zero-order valence-corrected chi connectivity index (χ0v) is 14.1. The quantitative estimate of drug-likeness (QED) is 0.802. The Labute approximate surface area is 152 Å². The van der Waals surface area contributed by atoms with E-state index in [4.69, 9.17) is 11.6 Å². The van der Waals surface area contributed by atoms with Gasteiger partial charge in [0.05, 0.1) is 5.56 Å². The Kier molecular flexibility index (Phi) is 4.91. The zero-order chi connectivity index (χ0) is 18.9. The van der Waals surface area contributed by atoms with E-state index in [1.54, 1.807) is 24.3 Å². The topological polar surface area (TPSA) is 49.4 Å². The molecule has 1 aliphatic heterocycles.